The lowest BCUT2D eigenvalue weighted by Gasteiger charge is -2.42. The SMILES string of the molecule is Cc1ccc(CCN2C(=O)C3(CCN(C(=O)OC(C)(C)C)CC3)N(C)[C@H]2c2ccc(C(F)(F)F)cc2)cc1. The smallest absolute Gasteiger partial charge is 0.416 e. The van der Waals surface area contributed by atoms with Gasteiger partial charge in [-0.15, -0.1) is 0 Å². The number of carbonyl (C=O) groups is 2. The van der Waals surface area contributed by atoms with Crippen LogP contribution in [0, 0.1) is 6.92 Å². The molecule has 0 bridgehead atoms. The maximum Gasteiger partial charge on any atom is 0.416 e. The standard InChI is InChI=1S/C29H36F3N3O3/c1-20-6-8-21(9-7-20)14-17-35-24(22-10-12-23(13-11-22)29(30,31)32)33(5)28(25(35)36)15-18-34(19-16-28)26(37)38-27(2,3)4/h6-13,24H,14-19H2,1-5H3/t24-/m1/s1. The van der Waals surface area contributed by atoms with Gasteiger partial charge in [0.05, 0.1) is 5.56 Å². The van der Waals surface area contributed by atoms with Gasteiger partial charge >= 0.3 is 12.3 Å². The van der Waals surface area contributed by atoms with Crippen molar-refractivity contribution in [1.29, 1.82) is 0 Å². The molecule has 38 heavy (non-hydrogen) atoms. The summed E-state index contributed by atoms with van der Waals surface area (Å²) >= 11 is 0. The fraction of sp³-hybridized carbons (Fsp3) is 0.517. The van der Waals surface area contributed by atoms with Gasteiger partial charge in [0.15, 0.2) is 0 Å². The third kappa shape index (κ3) is 5.67. The van der Waals surface area contributed by atoms with Crippen molar-refractivity contribution in [2.24, 2.45) is 0 Å². The maximum absolute atomic E-state index is 14.1. The van der Waals surface area contributed by atoms with Crippen molar-refractivity contribution in [2.75, 3.05) is 26.7 Å². The van der Waals surface area contributed by atoms with Gasteiger partial charge in [-0.25, -0.2) is 4.79 Å². The number of alkyl halides is 3. The minimum atomic E-state index is -4.43. The highest BCUT2D eigenvalue weighted by atomic mass is 19.4. The number of ether oxygens (including phenoxy) is 1. The summed E-state index contributed by atoms with van der Waals surface area (Å²) in [4.78, 5) is 32.1. The molecule has 2 aromatic rings. The first-order chi connectivity index (χ1) is 17.7. The number of likely N-dealkylation sites (tertiary alicyclic amines) is 1. The normalized spacial score (nSPS) is 20.3. The molecule has 0 unspecified atom stereocenters. The van der Waals surface area contributed by atoms with E-state index in [1.54, 1.807) is 9.80 Å². The Balaban J connectivity index is 1.60. The largest absolute Gasteiger partial charge is 0.444 e. The second-order valence-electron chi connectivity index (χ2n) is 11.3. The van der Waals surface area contributed by atoms with Crippen LogP contribution < -0.4 is 0 Å². The molecule has 1 atom stereocenters. The molecular weight excluding hydrogens is 495 g/mol. The van der Waals surface area contributed by atoms with Crippen molar-refractivity contribution in [2.45, 2.75) is 70.4 Å². The topological polar surface area (TPSA) is 53.1 Å². The van der Waals surface area contributed by atoms with Crippen molar-refractivity contribution in [1.82, 2.24) is 14.7 Å². The van der Waals surface area contributed by atoms with Gasteiger partial charge in [0.2, 0.25) is 5.91 Å². The van der Waals surface area contributed by atoms with Crippen LogP contribution in [0.5, 0.6) is 0 Å². The van der Waals surface area contributed by atoms with E-state index in [0.717, 1.165) is 23.3 Å². The van der Waals surface area contributed by atoms with E-state index in [-0.39, 0.29) is 5.91 Å². The molecule has 2 amide bonds. The van der Waals surface area contributed by atoms with E-state index >= 15 is 0 Å². The number of hydrogen-bond donors (Lipinski definition) is 0. The Morgan fingerprint density at radius 2 is 1.58 bits per heavy atom. The molecule has 2 fully saturated rings. The number of amides is 2. The second kappa shape index (κ2) is 10.2. The number of likely N-dealkylation sites (N-methyl/N-ethyl adjacent to an activating group) is 1. The van der Waals surface area contributed by atoms with E-state index in [9.17, 15) is 22.8 Å². The summed E-state index contributed by atoms with van der Waals surface area (Å²) in [6, 6.07) is 13.2. The lowest BCUT2D eigenvalue weighted by molar-refractivity contribution is -0.138. The van der Waals surface area contributed by atoms with E-state index in [4.69, 9.17) is 4.74 Å². The molecule has 2 heterocycles. The summed E-state index contributed by atoms with van der Waals surface area (Å²) in [5.74, 6) is -0.0548. The quantitative estimate of drug-likeness (QED) is 0.501. The fourth-order valence-corrected chi connectivity index (χ4v) is 5.40. The summed E-state index contributed by atoms with van der Waals surface area (Å²) in [5, 5.41) is 0. The number of aryl methyl sites for hydroxylation is 1. The summed E-state index contributed by atoms with van der Waals surface area (Å²) in [7, 11) is 1.86. The highest BCUT2D eigenvalue weighted by Gasteiger charge is 2.57. The lowest BCUT2D eigenvalue weighted by Crippen LogP contribution is -2.56. The highest BCUT2D eigenvalue weighted by Crippen LogP contribution is 2.45. The molecule has 9 heteroatoms. The molecule has 4 rings (SSSR count). The molecule has 2 saturated heterocycles. The average molecular weight is 532 g/mol. The summed E-state index contributed by atoms with van der Waals surface area (Å²) in [6.45, 7) is 8.58. The first-order valence-electron chi connectivity index (χ1n) is 13.0. The Morgan fingerprint density at radius 1 is 1.00 bits per heavy atom. The van der Waals surface area contributed by atoms with Crippen LogP contribution in [0.15, 0.2) is 48.5 Å². The zero-order chi connectivity index (χ0) is 27.9. The highest BCUT2D eigenvalue weighted by molar-refractivity contribution is 5.89. The first kappa shape index (κ1) is 28.0. The number of rotatable bonds is 4. The predicted molar refractivity (Wildman–Crippen MR) is 138 cm³/mol. The van der Waals surface area contributed by atoms with Crippen LogP contribution in [0.4, 0.5) is 18.0 Å². The van der Waals surface area contributed by atoms with Gasteiger partial charge in [-0.2, -0.15) is 13.2 Å². The molecule has 0 N–H and O–H groups in total. The molecule has 0 saturated carbocycles. The van der Waals surface area contributed by atoms with Crippen LogP contribution in [0.1, 0.15) is 62.0 Å². The zero-order valence-corrected chi connectivity index (χ0v) is 22.6. The van der Waals surface area contributed by atoms with Gasteiger partial charge in [-0.05, 0) is 77.3 Å². The van der Waals surface area contributed by atoms with Crippen LogP contribution in [0.2, 0.25) is 0 Å². The van der Waals surface area contributed by atoms with Crippen LogP contribution in [-0.4, -0.2) is 64.5 Å². The number of carbonyl (C=O) groups excluding carboxylic acids is 2. The summed E-state index contributed by atoms with van der Waals surface area (Å²) in [6.07, 6.45) is -3.90. The third-order valence-electron chi connectivity index (χ3n) is 7.54. The number of hydrogen-bond acceptors (Lipinski definition) is 4. The van der Waals surface area contributed by atoms with E-state index in [2.05, 4.69) is 0 Å². The molecule has 0 aliphatic carbocycles. The van der Waals surface area contributed by atoms with Gasteiger partial charge in [0.25, 0.3) is 0 Å². The van der Waals surface area contributed by atoms with E-state index < -0.39 is 35.1 Å². The number of halogens is 3. The van der Waals surface area contributed by atoms with Crippen LogP contribution >= 0.6 is 0 Å². The van der Waals surface area contributed by atoms with E-state index in [0.29, 0.717) is 44.5 Å². The Morgan fingerprint density at radius 3 is 2.11 bits per heavy atom. The Hall–Kier alpha value is -3.07. The molecule has 2 aliphatic heterocycles. The minimum absolute atomic E-state index is 0.0548. The Bertz CT molecular complexity index is 1150. The summed E-state index contributed by atoms with van der Waals surface area (Å²) in [5.41, 5.74) is 0.664. The molecule has 1 spiro atoms. The predicted octanol–water partition coefficient (Wildman–Crippen LogP) is 5.80. The van der Waals surface area contributed by atoms with Gasteiger partial charge in [0, 0.05) is 19.6 Å². The van der Waals surface area contributed by atoms with E-state index in [1.165, 1.54) is 12.1 Å². The fourth-order valence-electron chi connectivity index (χ4n) is 5.40. The number of nitrogens with zero attached hydrogens (tertiary/aromatic N) is 3. The molecule has 0 aromatic heterocycles. The molecule has 2 aliphatic rings. The van der Waals surface area contributed by atoms with Crippen LogP contribution in [0.25, 0.3) is 0 Å². The number of benzene rings is 2. The lowest BCUT2D eigenvalue weighted by atomic mass is 9.86. The second-order valence-corrected chi connectivity index (χ2v) is 11.3. The van der Waals surface area contributed by atoms with Crippen molar-refractivity contribution < 1.29 is 27.5 Å². The molecule has 2 aromatic carbocycles. The van der Waals surface area contributed by atoms with E-state index in [1.807, 2.05) is 63.9 Å². The zero-order valence-electron chi connectivity index (χ0n) is 22.6. The average Bonchev–Trinajstić information content (AvgIpc) is 3.04. The van der Waals surface area contributed by atoms with Gasteiger partial charge in [0.1, 0.15) is 17.3 Å². The van der Waals surface area contributed by atoms with Gasteiger partial charge in [-0.3, -0.25) is 9.69 Å². The number of piperidine rings is 1. The van der Waals surface area contributed by atoms with Crippen molar-refractivity contribution >= 4 is 12.0 Å². The van der Waals surface area contributed by atoms with Gasteiger partial charge < -0.3 is 14.5 Å². The van der Waals surface area contributed by atoms with Crippen LogP contribution in [-0.2, 0) is 22.1 Å². The van der Waals surface area contributed by atoms with Crippen molar-refractivity contribution in [3.8, 4) is 0 Å². The molecular formula is C29H36F3N3O3. The molecule has 6 nitrogen and oxygen atoms in total. The summed E-state index contributed by atoms with van der Waals surface area (Å²) < 4.78 is 45.2. The Labute approximate surface area is 222 Å². The van der Waals surface area contributed by atoms with Crippen molar-refractivity contribution in [3.05, 3.63) is 70.8 Å². The Kier molecular flexibility index (Phi) is 7.54. The first-order valence-corrected chi connectivity index (χ1v) is 13.0. The monoisotopic (exact) mass is 531 g/mol. The van der Waals surface area contributed by atoms with Gasteiger partial charge in [-0.1, -0.05) is 42.0 Å². The van der Waals surface area contributed by atoms with Crippen LogP contribution in [0.3, 0.4) is 0 Å². The van der Waals surface area contributed by atoms with Crippen molar-refractivity contribution in [3.63, 3.8) is 0 Å². The third-order valence-corrected chi connectivity index (χ3v) is 7.54. The minimum Gasteiger partial charge on any atom is -0.444 e. The maximum atomic E-state index is 14.1. The molecule has 0 radical (unpaired) electrons. The molecule has 206 valence electrons.